The molecule has 0 aliphatic heterocycles. The molecule has 13 heavy (non-hydrogen) atoms. The van der Waals surface area contributed by atoms with Crippen LogP contribution in [0.15, 0.2) is 24.3 Å². The van der Waals surface area contributed by atoms with E-state index in [0.29, 0.717) is 5.75 Å². The van der Waals surface area contributed by atoms with Crippen LogP contribution in [0.5, 0.6) is 11.5 Å². The van der Waals surface area contributed by atoms with E-state index >= 15 is 0 Å². The highest BCUT2D eigenvalue weighted by Gasteiger charge is 2.01. The Morgan fingerprint density at radius 2 is 2.23 bits per heavy atom. The number of thioether (sulfide) groups is 1. The number of aromatic hydroxyl groups is 1. The van der Waals surface area contributed by atoms with Crippen molar-refractivity contribution in [2.75, 3.05) is 5.94 Å². The zero-order valence-electron chi connectivity index (χ0n) is 6.77. The van der Waals surface area contributed by atoms with Crippen LogP contribution in [-0.4, -0.2) is 16.3 Å². The Morgan fingerprint density at radius 1 is 1.54 bits per heavy atom. The summed E-state index contributed by atoms with van der Waals surface area (Å²) in [6.45, 7) is 0. The molecule has 0 spiro atoms. The molecule has 0 aliphatic carbocycles. The van der Waals surface area contributed by atoms with Gasteiger partial charge in [-0.25, -0.2) is 0 Å². The molecule has 0 saturated heterocycles. The number of ether oxygens (including phenoxy) is 1. The van der Waals surface area contributed by atoms with Crippen LogP contribution >= 0.6 is 11.8 Å². The minimum atomic E-state index is -0.504. The monoisotopic (exact) mass is 199 g/mol. The summed E-state index contributed by atoms with van der Waals surface area (Å²) >= 11 is 0.840. The number of para-hydroxylation sites is 2. The average Bonchev–Trinajstić information content (AvgIpc) is 2.08. The zero-order valence-corrected chi connectivity index (χ0v) is 7.58. The molecule has 0 fully saturated rings. The van der Waals surface area contributed by atoms with Crippen molar-refractivity contribution in [2.45, 2.75) is 0 Å². The number of nitrogens with two attached hydrogens (primary N) is 1. The van der Waals surface area contributed by atoms with Gasteiger partial charge in [0.15, 0.2) is 11.5 Å². The molecule has 4 nitrogen and oxygen atoms in total. The maximum atomic E-state index is 10.3. The molecule has 1 aromatic rings. The molecular formula is C8H9NO3S. The second-order valence-corrected chi connectivity index (χ2v) is 3.12. The van der Waals surface area contributed by atoms with Gasteiger partial charge in [-0.3, -0.25) is 4.79 Å². The third kappa shape index (κ3) is 3.25. The summed E-state index contributed by atoms with van der Waals surface area (Å²) in [5.74, 6) is 0.497. The highest BCUT2D eigenvalue weighted by molar-refractivity contribution is 8.13. The lowest BCUT2D eigenvalue weighted by atomic mass is 10.3. The molecule has 0 unspecified atom stereocenters. The van der Waals surface area contributed by atoms with E-state index in [4.69, 9.17) is 10.5 Å². The number of primary amides is 1. The van der Waals surface area contributed by atoms with Crippen molar-refractivity contribution in [2.24, 2.45) is 5.73 Å². The number of phenols is 1. The van der Waals surface area contributed by atoms with E-state index in [2.05, 4.69) is 0 Å². The Bertz CT molecular complexity index is 303. The third-order valence-electron chi connectivity index (χ3n) is 1.28. The Labute approximate surface area is 79.7 Å². The molecule has 0 bridgehead atoms. The number of carbonyl (C=O) groups is 1. The Balaban J connectivity index is 2.45. The number of rotatable bonds is 3. The molecule has 1 amide bonds. The predicted octanol–water partition coefficient (Wildman–Crippen LogP) is 1.54. The first-order chi connectivity index (χ1) is 6.20. The maximum Gasteiger partial charge on any atom is 0.279 e. The smallest absolute Gasteiger partial charge is 0.279 e. The molecule has 1 aromatic carbocycles. The topological polar surface area (TPSA) is 72.6 Å². The number of phenolic OH excluding ortho intramolecular Hbond substituents is 1. The van der Waals surface area contributed by atoms with Gasteiger partial charge in [0.05, 0.1) is 0 Å². The first-order valence-corrected chi connectivity index (χ1v) is 4.51. The van der Waals surface area contributed by atoms with Crippen LogP contribution in [0.25, 0.3) is 0 Å². The molecule has 0 aliphatic rings. The van der Waals surface area contributed by atoms with Gasteiger partial charge in [-0.15, -0.1) is 0 Å². The summed E-state index contributed by atoms with van der Waals surface area (Å²) in [6, 6.07) is 6.52. The van der Waals surface area contributed by atoms with E-state index in [0.717, 1.165) is 11.8 Å². The number of amides is 1. The molecule has 0 saturated carbocycles. The van der Waals surface area contributed by atoms with Crippen molar-refractivity contribution in [3.05, 3.63) is 24.3 Å². The van der Waals surface area contributed by atoms with Gasteiger partial charge in [-0.2, -0.15) is 0 Å². The first kappa shape index (κ1) is 9.73. The largest absolute Gasteiger partial charge is 0.504 e. The fourth-order valence-corrected chi connectivity index (χ4v) is 1.03. The molecule has 0 atom stereocenters. The van der Waals surface area contributed by atoms with Gasteiger partial charge in [0.2, 0.25) is 0 Å². The normalized spacial score (nSPS) is 9.54. The number of hydrogen-bond donors (Lipinski definition) is 2. The summed E-state index contributed by atoms with van der Waals surface area (Å²) in [5.41, 5.74) is 4.88. The minimum Gasteiger partial charge on any atom is -0.504 e. The standard InChI is InChI=1S/C8H9NO3S/c9-8(11)13-5-12-7-4-2-1-3-6(7)10/h1-4,10H,5H2,(H2,9,11). The van der Waals surface area contributed by atoms with E-state index in [1.807, 2.05) is 0 Å². The SMILES string of the molecule is NC(=O)SCOc1ccccc1O. The molecule has 0 heterocycles. The Kier molecular flexibility index (Phi) is 3.45. The van der Waals surface area contributed by atoms with Gasteiger partial charge < -0.3 is 15.6 Å². The van der Waals surface area contributed by atoms with Crippen molar-refractivity contribution in [1.29, 1.82) is 0 Å². The zero-order chi connectivity index (χ0) is 9.68. The van der Waals surface area contributed by atoms with Crippen LogP contribution in [0.2, 0.25) is 0 Å². The predicted molar refractivity (Wildman–Crippen MR) is 50.8 cm³/mol. The number of hydrogen-bond acceptors (Lipinski definition) is 4. The van der Waals surface area contributed by atoms with Gasteiger partial charge in [0.1, 0.15) is 5.94 Å². The Morgan fingerprint density at radius 3 is 2.85 bits per heavy atom. The molecule has 0 radical (unpaired) electrons. The van der Waals surface area contributed by atoms with Crippen molar-refractivity contribution in [3.8, 4) is 11.5 Å². The summed E-state index contributed by atoms with van der Waals surface area (Å²) in [7, 11) is 0. The maximum absolute atomic E-state index is 10.3. The highest BCUT2D eigenvalue weighted by Crippen LogP contribution is 2.24. The van der Waals surface area contributed by atoms with Gasteiger partial charge in [0.25, 0.3) is 5.24 Å². The van der Waals surface area contributed by atoms with E-state index in [-0.39, 0.29) is 11.7 Å². The summed E-state index contributed by atoms with van der Waals surface area (Å²) in [4.78, 5) is 10.3. The average molecular weight is 199 g/mol. The van der Waals surface area contributed by atoms with E-state index < -0.39 is 5.24 Å². The summed E-state index contributed by atoms with van der Waals surface area (Å²) in [6.07, 6.45) is 0. The lowest BCUT2D eigenvalue weighted by Gasteiger charge is -2.04. The van der Waals surface area contributed by atoms with Crippen LogP contribution in [0.3, 0.4) is 0 Å². The third-order valence-corrected chi connectivity index (χ3v) is 1.80. The molecular weight excluding hydrogens is 190 g/mol. The van der Waals surface area contributed by atoms with Crippen molar-refractivity contribution in [3.63, 3.8) is 0 Å². The number of benzene rings is 1. The molecule has 3 N–H and O–H groups in total. The van der Waals surface area contributed by atoms with Gasteiger partial charge in [-0.05, 0) is 23.9 Å². The van der Waals surface area contributed by atoms with Crippen LogP contribution in [-0.2, 0) is 0 Å². The quantitative estimate of drug-likeness (QED) is 0.724. The second kappa shape index (κ2) is 4.61. The van der Waals surface area contributed by atoms with Gasteiger partial charge in [0, 0.05) is 0 Å². The van der Waals surface area contributed by atoms with Crippen molar-refractivity contribution < 1.29 is 14.6 Å². The Hall–Kier alpha value is -1.36. The van der Waals surface area contributed by atoms with Crippen LogP contribution in [0.4, 0.5) is 4.79 Å². The van der Waals surface area contributed by atoms with E-state index in [1.54, 1.807) is 18.2 Å². The highest BCUT2D eigenvalue weighted by atomic mass is 32.2. The lowest BCUT2D eigenvalue weighted by molar-refractivity contribution is 0.266. The molecule has 1 rings (SSSR count). The van der Waals surface area contributed by atoms with Crippen LogP contribution in [0.1, 0.15) is 0 Å². The van der Waals surface area contributed by atoms with Gasteiger partial charge >= 0.3 is 0 Å². The van der Waals surface area contributed by atoms with Gasteiger partial charge in [-0.1, -0.05) is 12.1 Å². The molecule has 5 heteroatoms. The van der Waals surface area contributed by atoms with E-state index in [1.165, 1.54) is 6.07 Å². The summed E-state index contributed by atoms with van der Waals surface area (Å²) < 4.78 is 5.06. The van der Waals surface area contributed by atoms with Crippen LogP contribution < -0.4 is 10.5 Å². The fraction of sp³-hybridized carbons (Fsp3) is 0.125. The van der Waals surface area contributed by atoms with Crippen molar-refractivity contribution >= 4 is 17.0 Å². The first-order valence-electron chi connectivity index (χ1n) is 3.53. The second-order valence-electron chi connectivity index (χ2n) is 2.19. The van der Waals surface area contributed by atoms with E-state index in [9.17, 15) is 9.90 Å². The van der Waals surface area contributed by atoms with Crippen LogP contribution in [0, 0.1) is 0 Å². The number of carbonyl (C=O) groups excluding carboxylic acids is 1. The molecule has 70 valence electrons. The van der Waals surface area contributed by atoms with Crippen molar-refractivity contribution in [1.82, 2.24) is 0 Å². The molecule has 0 aromatic heterocycles. The minimum absolute atomic E-state index is 0.0487. The summed E-state index contributed by atoms with van der Waals surface area (Å²) in [5, 5.41) is 8.72. The fourth-order valence-electron chi connectivity index (χ4n) is 0.730. The lowest BCUT2D eigenvalue weighted by Crippen LogP contribution is -2.05.